The molecule has 8 nitrogen and oxygen atoms in total. The molecular weight excluding hydrogens is 552 g/mol. The van der Waals surface area contributed by atoms with Gasteiger partial charge in [-0.25, -0.2) is 0 Å². The van der Waals surface area contributed by atoms with Crippen LogP contribution in [-0.2, 0) is 20.7 Å². The average Bonchev–Trinajstić information content (AvgIpc) is 3.04. The SMILES string of the molecule is O=C1CSc2ccc(C(=O)C3CCC(C4COc5cnc6ccc(OCCC7OCCCO7)cc6c5C4)CC3)cc2N1. The first kappa shape index (κ1) is 27.7. The largest absolute Gasteiger partial charge is 0.493 e. The molecule has 1 saturated carbocycles. The first-order valence-electron chi connectivity index (χ1n) is 15.1. The highest BCUT2D eigenvalue weighted by atomic mass is 32.2. The topological polar surface area (TPSA) is 96.0 Å². The summed E-state index contributed by atoms with van der Waals surface area (Å²) in [6.07, 6.45) is 8.03. The summed E-state index contributed by atoms with van der Waals surface area (Å²) >= 11 is 1.52. The van der Waals surface area contributed by atoms with E-state index in [4.69, 9.17) is 18.9 Å². The molecule has 2 fully saturated rings. The summed E-state index contributed by atoms with van der Waals surface area (Å²) in [6.45, 7) is 2.70. The number of nitrogens with one attached hydrogen (secondary N) is 1. The molecular formula is C33H36N2O6S. The van der Waals surface area contributed by atoms with Crippen molar-refractivity contribution >= 4 is 40.0 Å². The first-order valence-corrected chi connectivity index (χ1v) is 16.1. The molecule has 1 saturated heterocycles. The van der Waals surface area contributed by atoms with Gasteiger partial charge >= 0.3 is 0 Å². The monoisotopic (exact) mass is 588 g/mol. The Balaban J connectivity index is 0.985. The van der Waals surface area contributed by atoms with Crippen molar-refractivity contribution in [3.8, 4) is 11.5 Å². The summed E-state index contributed by atoms with van der Waals surface area (Å²) in [7, 11) is 0. The lowest BCUT2D eigenvalue weighted by molar-refractivity contribution is -0.183. The summed E-state index contributed by atoms with van der Waals surface area (Å²) in [6, 6.07) is 11.8. The Morgan fingerprint density at radius 3 is 2.76 bits per heavy atom. The van der Waals surface area contributed by atoms with E-state index in [1.165, 1.54) is 17.3 Å². The van der Waals surface area contributed by atoms with Gasteiger partial charge in [0.25, 0.3) is 0 Å². The number of rotatable bonds is 7. The van der Waals surface area contributed by atoms with Crippen LogP contribution in [0.4, 0.5) is 5.69 Å². The number of nitrogens with zero attached hydrogens (tertiary/aromatic N) is 1. The summed E-state index contributed by atoms with van der Waals surface area (Å²) in [4.78, 5) is 30.9. The molecule has 4 heterocycles. The summed E-state index contributed by atoms with van der Waals surface area (Å²) in [5.41, 5.74) is 3.60. The molecule has 1 aliphatic carbocycles. The van der Waals surface area contributed by atoms with Crippen molar-refractivity contribution in [3.05, 3.63) is 53.7 Å². The third-order valence-electron chi connectivity index (χ3n) is 9.06. The van der Waals surface area contributed by atoms with Crippen molar-refractivity contribution in [2.75, 3.05) is 37.5 Å². The minimum atomic E-state index is -0.187. The van der Waals surface area contributed by atoms with Crippen LogP contribution in [0.5, 0.6) is 11.5 Å². The van der Waals surface area contributed by atoms with Gasteiger partial charge in [-0.05, 0) is 80.7 Å². The number of ether oxygens (including phenoxy) is 4. The zero-order valence-corrected chi connectivity index (χ0v) is 24.5. The Hall–Kier alpha value is -3.14. The van der Waals surface area contributed by atoms with Crippen molar-refractivity contribution in [1.29, 1.82) is 0 Å². The summed E-state index contributed by atoms with van der Waals surface area (Å²) < 4.78 is 23.6. The van der Waals surface area contributed by atoms with Crippen LogP contribution in [0.15, 0.2) is 47.5 Å². The van der Waals surface area contributed by atoms with Gasteiger partial charge in [-0.15, -0.1) is 11.8 Å². The van der Waals surface area contributed by atoms with Crippen LogP contribution in [0.2, 0.25) is 0 Å². The Bertz CT molecular complexity index is 1480. The fourth-order valence-electron chi connectivity index (χ4n) is 6.75. The molecule has 0 radical (unpaired) electrons. The maximum Gasteiger partial charge on any atom is 0.234 e. The van der Waals surface area contributed by atoms with Crippen LogP contribution in [0.3, 0.4) is 0 Å². The van der Waals surface area contributed by atoms with Crippen molar-refractivity contribution in [1.82, 2.24) is 4.98 Å². The second kappa shape index (κ2) is 12.2. The highest BCUT2D eigenvalue weighted by Gasteiger charge is 2.34. The first-order chi connectivity index (χ1) is 20.6. The second-order valence-corrected chi connectivity index (χ2v) is 12.8. The van der Waals surface area contributed by atoms with Crippen LogP contribution in [0.1, 0.15) is 54.4 Å². The minimum absolute atomic E-state index is 0.0129. The molecule has 1 aromatic heterocycles. The molecule has 3 aliphatic heterocycles. The molecule has 7 rings (SSSR count). The number of hydrogen-bond acceptors (Lipinski definition) is 8. The van der Waals surface area contributed by atoms with Crippen LogP contribution in [0.25, 0.3) is 10.9 Å². The van der Waals surface area contributed by atoms with E-state index in [0.29, 0.717) is 42.8 Å². The van der Waals surface area contributed by atoms with E-state index >= 15 is 0 Å². The minimum Gasteiger partial charge on any atom is -0.493 e. The number of aromatic nitrogens is 1. The number of thioether (sulfide) groups is 1. The van der Waals surface area contributed by atoms with Gasteiger partial charge in [-0.3, -0.25) is 14.6 Å². The molecule has 220 valence electrons. The second-order valence-electron chi connectivity index (χ2n) is 11.7. The Kier molecular flexibility index (Phi) is 8.06. The van der Waals surface area contributed by atoms with Gasteiger partial charge in [-0.1, -0.05) is 6.07 Å². The fourth-order valence-corrected chi connectivity index (χ4v) is 7.54. The highest BCUT2D eigenvalue weighted by Crippen LogP contribution is 2.42. The molecule has 1 N–H and O–H groups in total. The highest BCUT2D eigenvalue weighted by molar-refractivity contribution is 8.00. The molecule has 42 heavy (non-hydrogen) atoms. The number of pyridine rings is 1. The van der Waals surface area contributed by atoms with E-state index in [9.17, 15) is 9.59 Å². The number of benzene rings is 2. The van der Waals surface area contributed by atoms with Crippen molar-refractivity contribution < 1.29 is 28.5 Å². The Morgan fingerprint density at radius 2 is 1.90 bits per heavy atom. The average molecular weight is 589 g/mol. The molecule has 4 aliphatic rings. The van der Waals surface area contributed by atoms with E-state index in [1.54, 1.807) is 0 Å². The zero-order valence-electron chi connectivity index (χ0n) is 23.6. The quantitative estimate of drug-likeness (QED) is 0.333. The summed E-state index contributed by atoms with van der Waals surface area (Å²) in [5.74, 6) is 3.22. The number of fused-ring (bicyclic) bond motifs is 4. The van der Waals surface area contributed by atoms with Gasteiger partial charge in [-0.2, -0.15) is 0 Å². The van der Waals surface area contributed by atoms with Gasteiger partial charge in [0.1, 0.15) is 11.5 Å². The maximum atomic E-state index is 13.4. The summed E-state index contributed by atoms with van der Waals surface area (Å²) in [5, 5.41) is 3.99. The molecule has 2 aromatic carbocycles. The van der Waals surface area contributed by atoms with Gasteiger partial charge in [0.15, 0.2) is 12.1 Å². The molecule has 1 atom stereocenters. The van der Waals surface area contributed by atoms with Crippen molar-refractivity contribution in [3.63, 3.8) is 0 Å². The molecule has 1 amide bonds. The lowest BCUT2D eigenvalue weighted by Gasteiger charge is -2.36. The van der Waals surface area contributed by atoms with Crippen LogP contribution < -0.4 is 14.8 Å². The lowest BCUT2D eigenvalue weighted by Crippen LogP contribution is -2.32. The molecule has 0 bridgehead atoms. The van der Waals surface area contributed by atoms with Crippen LogP contribution >= 0.6 is 11.8 Å². The number of amides is 1. The van der Waals surface area contributed by atoms with E-state index in [-0.39, 0.29) is 23.9 Å². The van der Waals surface area contributed by atoms with Crippen molar-refractivity contribution in [2.24, 2.45) is 17.8 Å². The fraction of sp³-hybridized carbons (Fsp3) is 0.485. The molecule has 1 unspecified atom stereocenters. The van der Waals surface area contributed by atoms with E-state index in [0.717, 1.165) is 84.7 Å². The number of carbonyl (C=O) groups excluding carboxylic acids is 2. The predicted molar refractivity (Wildman–Crippen MR) is 160 cm³/mol. The lowest BCUT2D eigenvalue weighted by atomic mass is 9.72. The van der Waals surface area contributed by atoms with E-state index in [1.807, 2.05) is 36.5 Å². The van der Waals surface area contributed by atoms with Gasteiger partial charge < -0.3 is 24.3 Å². The number of Topliss-reactive ketones (excluding diaryl/α,β-unsaturated/α-hetero) is 1. The number of anilines is 1. The predicted octanol–water partition coefficient (Wildman–Crippen LogP) is 6.05. The van der Waals surface area contributed by atoms with Gasteiger partial charge in [0.2, 0.25) is 5.91 Å². The van der Waals surface area contributed by atoms with Gasteiger partial charge in [0.05, 0.1) is 49.6 Å². The number of ketones is 1. The third kappa shape index (κ3) is 5.87. The van der Waals surface area contributed by atoms with Crippen molar-refractivity contribution in [2.45, 2.75) is 56.1 Å². The molecule has 3 aromatic rings. The third-order valence-corrected chi connectivity index (χ3v) is 10.1. The van der Waals surface area contributed by atoms with E-state index in [2.05, 4.69) is 16.4 Å². The zero-order chi connectivity index (χ0) is 28.5. The smallest absolute Gasteiger partial charge is 0.234 e. The Labute approximate surface area is 249 Å². The standard InChI is InChI=1S/C33H36N2O6S/c36-31-19-42-30-9-6-22(15-28(30)35-31)33(37)21-4-2-20(3-5-21)23-14-26-25-16-24(38-13-10-32-39-11-1-12-40-32)7-8-27(25)34-17-29(26)41-18-23/h6-9,15-17,20-21,23,32H,1-5,10-14,18-19H2,(H,35,36). The molecule has 9 heteroatoms. The molecule has 0 spiro atoms. The van der Waals surface area contributed by atoms with Gasteiger partial charge in [0, 0.05) is 33.7 Å². The van der Waals surface area contributed by atoms with Crippen LogP contribution in [-0.4, -0.2) is 55.1 Å². The normalized spacial score (nSPS) is 24.3. The number of carbonyl (C=O) groups is 2. The van der Waals surface area contributed by atoms with Crippen LogP contribution in [0, 0.1) is 17.8 Å². The van der Waals surface area contributed by atoms with E-state index < -0.39 is 0 Å². The Morgan fingerprint density at radius 1 is 1.05 bits per heavy atom. The number of hydrogen-bond donors (Lipinski definition) is 1. The maximum absolute atomic E-state index is 13.4.